The summed E-state index contributed by atoms with van der Waals surface area (Å²) in [6, 6.07) is 0. The Hall–Kier alpha value is -2.13. The molecule has 0 amide bonds. The maximum absolute atomic E-state index is 11.9. The van der Waals surface area contributed by atoms with Gasteiger partial charge in [0.05, 0.1) is 12.0 Å². The van der Waals surface area contributed by atoms with Crippen molar-refractivity contribution in [3.8, 4) is 5.88 Å². The number of nitrogens with zero attached hydrogens (tertiary/aromatic N) is 3. The first-order valence-electron chi connectivity index (χ1n) is 5.69. The van der Waals surface area contributed by atoms with Crippen molar-refractivity contribution in [1.82, 2.24) is 9.97 Å². The minimum absolute atomic E-state index is 0.0630. The molecule has 1 aromatic heterocycles. The number of aromatic nitrogens is 2. The van der Waals surface area contributed by atoms with Gasteiger partial charge in [-0.2, -0.15) is 18.2 Å². The Morgan fingerprint density at radius 2 is 2.10 bits per heavy atom. The van der Waals surface area contributed by atoms with E-state index in [0.717, 1.165) is 6.33 Å². The minimum atomic E-state index is -4.19. The molecule has 1 aromatic rings. The number of ether oxygens (including phenoxy) is 1. The van der Waals surface area contributed by atoms with Crippen LogP contribution in [0.15, 0.2) is 6.33 Å². The molecule has 0 unspecified atom stereocenters. The standard InChI is InChI=1S/C10H13F3N4O3/c1-20-9-7(17(18)19)8(15-6-16-9)14-5-3-2-4-10(11,12)13/h6H,2-5H2,1H3,(H,14,15,16). The van der Waals surface area contributed by atoms with Gasteiger partial charge < -0.3 is 10.1 Å². The molecule has 0 bridgehead atoms. The highest BCUT2D eigenvalue weighted by Gasteiger charge is 2.26. The van der Waals surface area contributed by atoms with Crippen LogP contribution in [-0.2, 0) is 0 Å². The second kappa shape index (κ2) is 6.87. The molecule has 0 aliphatic heterocycles. The molecular weight excluding hydrogens is 281 g/mol. The van der Waals surface area contributed by atoms with Gasteiger partial charge in [0.25, 0.3) is 5.88 Å². The molecule has 20 heavy (non-hydrogen) atoms. The highest BCUT2D eigenvalue weighted by Crippen LogP contribution is 2.30. The van der Waals surface area contributed by atoms with E-state index in [2.05, 4.69) is 15.3 Å². The zero-order valence-electron chi connectivity index (χ0n) is 10.6. The average Bonchev–Trinajstić information content (AvgIpc) is 2.36. The summed E-state index contributed by atoms with van der Waals surface area (Å²) in [5, 5.41) is 13.5. The van der Waals surface area contributed by atoms with E-state index in [4.69, 9.17) is 4.74 Å². The molecule has 0 aliphatic carbocycles. The summed E-state index contributed by atoms with van der Waals surface area (Å²) in [6.45, 7) is 0.136. The summed E-state index contributed by atoms with van der Waals surface area (Å²) in [6.07, 6.45) is -3.85. The van der Waals surface area contributed by atoms with Gasteiger partial charge in [-0.3, -0.25) is 10.1 Å². The van der Waals surface area contributed by atoms with Crippen LogP contribution >= 0.6 is 0 Å². The topological polar surface area (TPSA) is 90.2 Å². The summed E-state index contributed by atoms with van der Waals surface area (Å²) in [7, 11) is 1.22. The van der Waals surface area contributed by atoms with Crippen LogP contribution in [0.1, 0.15) is 19.3 Å². The number of hydrogen-bond donors (Lipinski definition) is 1. The van der Waals surface area contributed by atoms with Gasteiger partial charge >= 0.3 is 11.9 Å². The minimum Gasteiger partial charge on any atom is -0.476 e. The summed E-state index contributed by atoms with van der Waals surface area (Å²) < 4.78 is 40.5. The van der Waals surface area contributed by atoms with Crippen molar-refractivity contribution in [1.29, 1.82) is 0 Å². The summed E-state index contributed by atoms with van der Waals surface area (Å²) in [5.74, 6) is -0.281. The number of unbranched alkanes of at least 4 members (excludes halogenated alkanes) is 1. The van der Waals surface area contributed by atoms with Crippen molar-refractivity contribution >= 4 is 11.5 Å². The lowest BCUT2D eigenvalue weighted by atomic mass is 10.2. The van der Waals surface area contributed by atoms with Crippen LogP contribution in [0, 0.1) is 10.1 Å². The van der Waals surface area contributed by atoms with Gasteiger partial charge in [-0.25, -0.2) is 4.98 Å². The fourth-order valence-electron chi connectivity index (χ4n) is 1.46. The van der Waals surface area contributed by atoms with Gasteiger partial charge in [0, 0.05) is 13.0 Å². The maximum Gasteiger partial charge on any atom is 0.389 e. The molecule has 0 aromatic carbocycles. The van der Waals surface area contributed by atoms with Crippen molar-refractivity contribution in [2.45, 2.75) is 25.4 Å². The normalized spacial score (nSPS) is 11.2. The van der Waals surface area contributed by atoms with Gasteiger partial charge in [-0.15, -0.1) is 0 Å². The van der Waals surface area contributed by atoms with Gasteiger partial charge in [-0.1, -0.05) is 0 Å². The predicted molar refractivity (Wildman–Crippen MR) is 63.6 cm³/mol. The summed E-state index contributed by atoms with van der Waals surface area (Å²) in [5.41, 5.74) is -0.439. The average molecular weight is 294 g/mol. The Morgan fingerprint density at radius 3 is 2.65 bits per heavy atom. The van der Waals surface area contributed by atoms with Gasteiger partial charge in [0.2, 0.25) is 5.82 Å². The van der Waals surface area contributed by atoms with Crippen LogP contribution in [0.5, 0.6) is 5.88 Å². The number of rotatable bonds is 7. The molecule has 0 fully saturated rings. The Kier molecular flexibility index (Phi) is 5.47. The second-order valence-corrected chi connectivity index (χ2v) is 3.84. The summed E-state index contributed by atoms with van der Waals surface area (Å²) in [4.78, 5) is 17.4. The zero-order valence-corrected chi connectivity index (χ0v) is 10.6. The number of nitrogens with one attached hydrogen (secondary N) is 1. The Bertz CT molecular complexity index is 468. The maximum atomic E-state index is 11.9. The molecule has 7 nitrogen and oxygen atoms in total. The smallest absolute Gasteiger partial charge is 0.389 e. The van der Waals surface area contributed by atoms with E-state index in [1.54, 1.807) is 0 Å². The van der Waals surface area contributed by atoms with E-state index in [-0.39, 0.29) is 31.1 Å². The van der Waals surface area contributed by atoms with E-state index in [0.29, 0.717) is 0 Å². The van der Waals surface area contributed by atoms with E-state index in [1.807, 2.05) is 0 Å². The fraction of sp³-hybridized carbons (Fsp3) is 0.600. The van der Waals surface area contributed by atoms with Crippen LogP contribution in [0.2, 0.25) is 0 Å². The van der Waals surface area contributed by atoms with Crippen molar-refractivity contribution in [3.63, 3.8) is 0 Å². The lowest BCUT2D eigenvalue weighted by Gasteiger charge is -2.08. The highest BCUT2D eigenvalue weighted by molar-refractivity contribution is 5.60. The monoisotopic (exact) mass is 294 g/mol. The van der Waals surface area contributed by atoms with Crippen molar-refractivity contribution in [3.05, 3.63) is 16.4 Å². The third-order valence-electron chi connectivity index (χ3n) is 2.34. The van der Waals surface area contributed by atoms with E-state index >= 15 is 0 Å². The largest absolute Gasteiger partial charge is 0.476 e. The van der Waals surface area contributed by atoms with Gasteiger partial charge in [0.15, 0.2) is 0 Å². The molecule has 112 valence electrons. The van der Waals surface area contributed by atoms with Crippen LogP contribution < -0.4 is 10.1 Å². The zero-order chi connectivity index (χ0) is 15.2. The molecule has 1 heterocycles. The van der Waals surface area contributed by atoms with Gasteiger partial charge in [-0.05, 0) is 12.8 Å². The van der Waals surface area contributed by atoms with E-state index in [1.165, 1.54) is 7.11 Å². The first kappa shape index (κ1) is 15.9. The Morgan fingerprint density at radius 1 is 1.40 bits per heavy atom. The lowest BCUT2D eigenvalue weighted by Crippen LogP contribution is -2.10. The molecule has 10 heteroatoms. The molecule has 0 aliphatic rings. The van der Waals surface area contributed by atoms with Crippen LogP contribution in [0.4, 0.5) is 24.7 Å². The molecule has 0 spiro atoms. The fourth-order valence-corrected chi connectivity index (χ4v) is 1.46. The molecular formula is C10H13F3N4O3. The number of hydrogen-bond acceptors (Lipinski definition) is 6. The molecule has 0 atom stereocenters. The number of methoxy groups -OCH3 is 1. The van der Waals surface area contributed by atoms with E-state index < -0.39 is 23.2 Å². The summed E-state index contributed by atoms with van der Waals surface area (Å²) >= 11 is 0. The molecule has 0 saturated heterocycles. The molecule has 1 N–H and O–H groups in total. The number of anilines is 1. The third-order valence-corrected chi connectivity index (χ3v) is 2.34. The van der Waals surface area contributed by atoms with E-state index in [9.17, 15) is 23.3 Å². The SMILES string of the molecule is COc1ncnc(NCCCCC(F)(F)F)c1[N+](=O)[O-]. The number of halogens is 3. The predicted octanol–water partition coefficient (Wildman–Crippen LogP) is 2.54. The number of nitro groups is 1. The van der Waals surface area contributed by atoms with Crippen molar-refractivity contribution in [2.24, 2.45) is 0 Å². The highest BCUT2D eigenvalue weighted by atomic mass is 19.4. The van der Waals surface area contributed by atoms with Crippen LogP contribution in [-0.4, -0.2) is 34.7 Å². The molecule has 0 saturated carbocycles. The van der Waals surface area contributed by atoms with Gasteiger partial charge in [0.1, 0.15) is 6.33 Å². The lowest BCUT2D eigenvalue weighted by molar-refractivity contribution is -0.385. The molecule has 0 radical (unpaired) electrons. The first-order chi connectivity index (χ1) is 9.35. The van der Waals surface area contributed by atoms with Crippen LogP contribution in [0.25, 0.3) is 0 Å². The number of alkyl halides is 3. The van der Waals surface area contributed by atoms with Crippen molar-refractivity contribution in [2.75, 3.05) is 19.0 Å². The Balaban J connectivity index is 2.58. The molecule has 1 rings (SSSR count). The quantitative estimate of drug-likeness (QED) is 0.472. The van der Waals surface area contributed by atoms with Crippen molar-refractivity contribution < 1.29 is 22.8 Å². The third kappa shape index (κ3) is 4.86. The van der Waals surface area contributed by atoms with Crippen LogP contribution in [0.3, 0.4) is 0 Å². The first-order valence-corrected chi connectivity index (χ1v) is 5.69. The second-order valence-electron chi connectivity index (χ2n) is 3.84. The Labute approximate surface area is 112 Å².